The highest BCUT2D eigenvalue weighted by molar-refractivity contribution is 6.02. The SMILES string of the molecule is O=C1CNC(=O)CNC(=O)c2cc(ccc2COc2ccccc2)NC(=O)C(Cc2ccccc2)NC(=O)CNC(=O)CN1. The lowest BCUT2D eigenvalue weighted by molar-refractivity contribution is -0.129. The van der Waals surface area contributed by atoms with Gasteiger partial charge in [-0.05, 0) is 29.8 Å². The first kappa shape index (κ1) is 31.2. The third kappa shape index (κ3) is 9.69. The van der Waals surface area contributed by atoms with Crippen LogP contribution in [0.5, 0.6) is 5.75 Å². The van der Waals surface area contributed by atoms with E-state index < -0.39 is 67.7 Å². The monoisotopic (exact) mass is 600 g/mol. The van der Waals surface area contributed by atoms with E-state index in [0.717, 1.165) is 5.56 Å². The normalized spacial score (nSPS) is 17.1. The number of hydrogen-bond donors (Lipinski definition) is 6. The van der Waals surface area contributed by atoms with Crippen molar-refractivity contribution in [3.8, 4) is 5.75 Å². The molecule has 6 amide bonds. The van der Waals surface area contributed by atoms with Crippen LogP contribution in [0.1, 0.15) is 21.5 Å². The van der Waals surface area contributed by atoms with E-state index in [-0.39, 0.29) is 24.3 Å². The second-order valence-corrected chi connectivity index (χ2v) is 9.79. The molecule has 0 spiro atoms. The van der Waals surface area contributed by atoms with Crippen molar-refractivity contribution >= 4 is 41.1 Å². The van der Waals surface area contributed by atoms with E-state index in [9.17, 15) is 28.8 Å². The van der Waals surface area contributed by atoms with Gasteiger partial charge in [-0.15, -0.1) is 0 Å². The number of anilines is 1. The molecule has 3 aromatic rings. The summed E-state index contributed by atoms with van der Waals surface area (Å²) in [5.74, 6) is -3.16. The number of nitrogens with one attached hydrogen (secondary N) is 6. The van der Waals surface area contributed by atoms with Crippen LogP contribution in [0.2, 0.25) is 0 Å². The van der Waals surface area contributed by atoms with E-state index >= 15 is 0 Å². The number of fused-ring (bicyclic) bond motifs is 2. The lowest BCUT2D eigenvalue weighted by Gasteiger charge is -2.20. The third-order valence-electron chi connectivity index (χ3n) is 6.44. The van der Waals surface area contributed by atoms with Gasteiger partial charge >= 0.3 is 0 Å². The molecule has 13 heteroatoms. The Bertz CT molecular complexity index is 1510. The molecule has 0 aliphatic carbocycles. The van der Waals surface area contributed by atoms with Crippen LogP contribution in [0.25, 0.3) is 0 Å². The summed E-state index contributed by atoms with van der Waals surface area (Å²) in [5.41, 5.74) is 1.67. The van der Waals surface area contributed by atoms with Crippen molar-refractivity contribution in [2.75, 3.05) is 31.5 Å². The number of rotatable bonds is 5. The van der Waals surface area contributed by atoms with E-state index in [1.807, 2.05) is 24.3 Å². The molecule has 1 heterocycles. The van der Waals surface area contributed by atoms with Gasteiger partial charge in [0.25, 0.3) is 5.91 Å². The fraction of sp³-hybridized carbons (Fsp3) is 0.226. The van der Waals surface area contributed by atoms with E-state index in [1.54, 1.807) is 48.5 Å². The van der Waals surface area contributed by atoms with Crippen LogP contribution < -0.4 is 36.6 Å². The van der Waals surface area contributed by atoms with Gasteiger partial charge in [-0.25, -0.2) is 0 Å². The van der Waals surface area contributed by atoms with Gasteiger partial charge in [0.05, 0.1) is 26.2 Å². The van der Waals surface area contributed by atoms with Crippen LogP contribution in [0.3, 0.4) is 0 Å². The molecule has 0 aromatic heterocycles. The minimum Gasteiger partial charge on any atom is -0.489 e. The van der Waals surface area contributed by atoms with Gasteiger partial charge in [-0.1, -0.05) is 54.6 Å². The fourth-order valence-electron chi connectivity index (χ4n) is 4.18. The van der Waals surface area contributed by atoms with Crippen molar-refractivity contribution in [3.63, 3.8) is 0 Å². The van der Waals surface area contributed by atoms with Crippen LogP contribution in [0.4, 0.5) is 5.69 Å². The second-order valence-electron chi connectivity index (χ2n) is 9.79. The Morgan fingerprint density at radius 3 is 1.84 bits per heavy atom. The lowest BCUT2D eigenvalue weighted by atomic mass is 10.0. The van der Waals surface area contributed by atoms with Gasteiger partial charge in [0.15, 0.2) is 0 Å². The minimum absolute atomic E-state index is 0.0196. The van der Waals surface area contributed by atoms with E-state index in [0.29, 0.717) is 11.3 Å². The first-order chi connectivity index (χ1) is 21.3. The molecule has 1 unspecified atom stereocenters. The number of para-hydroxylation sites is 1. The Labute approximate surface area is 253 Å². The number of carbonyl (C=O) groups excluding carboxylic acids is 6. The summed E-state index contributed by atoms with van der Waals surface area (Å²) >= 11 is 0. The van der Waals surface area contributed by atoms with Gasteiger partial charge in [0.2, 0.25) is 29.5 Å². The van der Waals surface area contributed by atoms with Gasteiger partial charge in [0, 0.05) is 23.2 Å². The first-order valence-electron chi connectivity index (χ1n) is 13.8. The molecule has 0 saturated heterocycles. The molecular formula is C31H32N6O7. The van der Waals surface area contributed by atoms with Crippen molar-refractivity contribution in [3.05, 3.63) is 95.6 Å². The highest BCUT2D eigenvalue weighted by Crippen LogP contribution is 2.20. The van der Waals surface area contributed by atoms with Crippen molar-refractivity contribution < 1.29 is 33.5 Å². The molecule has 1 aliphatic heterocycles. The lowest BCUT2D eigenvalue weighted by Crippen LogP contribution is -2.50. The third-order valence-corrected chi connectivity index (χ3v) is 6.44. The Hall–Kier alpha value is -5.72. The molecule has 3 aromatic carbocycles. The zero-order valence-corrected chi connectivity index (χ0v) is 23.7. The Morgan fingerprint density at radius 1 is 0.636 bits per heavy atom. The van der Waals surface area contributed by atoms with Crippen molar-refractivity contribution in [1.29, 1.82) is 0 Å². The van der Waals surface area contributed by atoms with Crippen LogP contribution in [0.15, 0.2) is 78.9 Å². The summed E-state index contributed by atoms with van der Waals surface area (Å²) in [7, 11) is 0. The molecule has 6 N–H and O–H groups in total. The van der Waals surface area contributed by atoms with E-state index in [4.69, 9.17) is 4.74 Å². The summed E-state index contributed by atoms with van der Waals surface area (Å²) in [6.07, 6.45) is 0.147. The van der Waals surface area contributed by atoms with Crippen LogP contribution >= 0.6 is 0 Å². The van der Waals surface area contributed by atoms with Crippen molar-refractivity contribution in [1.82, 2.24) is 26.6 Å². The molecule has 0 fully saturated rings. The zero-order chi connectivity index (χ0) is 31.3. The van der Waals surface area contributed by atoms with E-state index in [1.165, 1.54) is 6.07 Å². The summed E-state index contributed by atoms with van der Waals surface area (Å²) < 4.78 is 5.82. The summed E-state index contributed by atoms with van der Waals surface area (Å²) in [6.45, 7) is -1.72. The maximum atomic E-state index is 13.4. The number of amides is 6. The largest absolute Gasteiger partial charge is 0.489 e. The minimum atomic E-state index is -1.03. The smallest absolute Gasteiger partial charge is 0.252 e. The van der Waals surface area contributed by atoms with Crippen LogP contribution in [-0.4, -0.2) is 67.7 Å². The molecule has 228 valence electrons. The predicted octanol–water partition coefficient (Wildman–Crippen LogP) is 0.0236. The standard InChI is InChI=1S/C31H32N6O7/c38-26-15-33-28(40)17-35-30(42)24-14-22(12-11-21(24)19-44-23-9-5-2-6-10-23)36-31(43)25(13-20-7-3-1-4-8-20)37-29(41)18-34-27(39)16-32-26/h1-12,14,25H,13,15-19H2,(H,32,38)(H,33,40)(H,34,39)(H,35,42)(H,36,43)(H,37,41). The quantitative estimate of drug-likeness (QED) is 0.239. The van der Waals surface area contributed by atoms with Crippen LogP contribution in [0, 0.1) is 0 Å². The highest BCUT2D eigenvalue weighted by atomic mass is 16.5. The van der Waals surface area contributed by atoms with E-state index in [2.05, 4.69) is 31.9 Å². The number of ether oxygens (including phenoxy) is 1. The molecule has 1 aliphatic rings. The summed E-state index contributed by atoms with van der Waals surface area (Å²) in [6, 6.07) is 21.6. The highest BCUT2D eigenvalue weighted by Gasteiger charge is 2.23. The Kier molecular flexibility index (Phi) is 11.0. The van der Waals surface area contributed by atoms with Crippen molar-refractivity contribution in [2.45, 2.75) is 19.1 Å². The first-order valence-corrected chi connectivity index (χ1v) is 13.8. The molecule has 1 atom stereocenters. The van der Waals surface area contributed by atoms with Gasteiger partial charge in [0.1, 0.15) is 18.4 Å². The van der Waals surface area contributed by atoms with Gasteiger partial charge < -0.3 is 36.6 Å². The molecular weight excluding hydrogens is 568 g/mol. The van der Waals surface area contributed by atoms with Gasteiger partial charge in [-0.2, -0.15) is 0 Å². The Balaban J connectivity index is 1.60. The molecule has 0 radical (unpaired) electrons. The Morgan fingerprint density at radius 2 is 1.20 bits per heavy atom. The zero-order valence-electron chi connectivity index (χ0n) is 23.7. The average molecular weight is 601 g/mol. The topological polar surface area (TPSA) is 184 Å². The maximum absolute atomic E-state index is 13.4. The molecule has 4 rings (SSSR count). The van der Waals surface area contributed by atoms with Crippen molar-refractivity contribution in [2.24, 2.45) is 0 Å². The predicted molar refractivity (Wildman–Crippen MR) is 159 cm³/mol. The summed E-state index contributed by atoms with van der Waals surface area (Å²) in [5, 5.41) is 15.0. The van der Waals surface area contributed by atoms with Gasteiger partial charge in [-0.3, -0.25) is 28.8 Å². The molecule has 0 saturated carbocycles. The number of carbonyl (C=O) groups is 6. The number of hydrogen-bond acceptors (Lipinski definition) is 7. The second kappa shape index (κ2) is 15.5. The molecule has 44 heavy (non-hydrogen) atoms. The number of benzene rings is 3. The maximum Gasteiger partial charge on any atom is 0.252 e. The molecule has 2 bridgehead atoms. The molecule has 13 nitrogen and oxygen atoms in total. The summed E-state index contributed by atoms with van der Waals surface area (Å²) in [4.78, 5) is 75.8. The fourth-order valence-corrected chi connectivity index (χ4v) is 4.18. The van der Waals surface area contributed by atoms with Crippen LogP contribution in [-0.2, 0) is 37.0 Å². The average Bonchev–Trinajstić information content (AvgIpc) is 3.03.